The van der Waals surface area contributed by atoms with Crippen LogP contribution >= 0.6 is 12.6 Å². The second-order valence-electron chi connectivity index (χ2n) is 4.41. The highest BCUT2D eigenvalue weighted by Gasteiger charge is 2.02. The standard InChI is InChI=1S/C8H8N2O4.C7H6O2S/c9-8(11)7-3-1-2-6(4-7)5-14-10(12)13;8-7(9)5-1-3-6(10)4-2-5/h1-4H,5H2,(H2,9,11);1-4,10H,(H,8,9). The van der Waals surface area contributed by atoms with Gasteiger partial charge in [-0.15, -0.1) is 22.7 Å². The third-order valence-corrected chi connectivity index (χ3v) is 2.96. The zero-order chi connectivity index (χ0) is 18.1. The Labute approximate surface area is 142 Å². The van der Waals surface area contributed by atoms with E-state index in [0.29, 0.717) is 11.1 Å². The van der Waals surface area contributed by atoms with E-state index in [1.807, 2.05) is 0 Å². The van der Waals surface area contributed by atoms with E-state index < -0.39 is 17.0 Å². The Hall–Kier alpha value is -3.07. The third kappa shape index (κ3) is 6.79. The van der Waals surface area contributed by atoms with Crippen molar-refractivity contribution in [1.29, 1.82) is 0 Å². The second-order valence-corrected chi connectivity index (χ2v) is 4.93. The van der Waals surface area contributed by atoms with Gasteiger partial charge in [0.05, 0.1) is 5.56 Å². The number of primary amides is 1. The quantitative estimate of drug-likeness (QED) is 0.430. The predicted octanol–water partition coefficient (Wildman–Crippen LogP) is 2.17. The summed E-state index contributed by atoms with van der Waals surface area (Å²) in [5, 5.41) is 17.4. The van der Waals surface area contributed by atoms with Gasteiger partial charge in [-0.05, 0) is 42.0 Å². The number of hydrogen-bond donors (Lipinski definition) is 3. The normalized spacial score (nSPS) is 9.38. The number of amides is 1. The molecule has 0 fully saturated rings. The molecule has 0 aromatic heterocycles. The van der Waals surface area contributed by atoms with Gasteiger partial charge in [-0.1, -0.05) is 12.1 Å². The molecule has 2 rings (SSSR count). The summed E-state index contributed by atoms with van der Waals surface area (Å²) in [5.74, 6) is -1.48. The molecule has 0 heterocycles. The number of carbonyl (C=O) groups excluding carboxylic acids is 1. The number of hydrogen-bond acceptors (Lipinski definition) is 6. The van der Waals surface area contributed by atoms with Gasteiger partial charge < -0.3 is 15.7 Å². The topological polar surface area (TPSA) is 133 Å². The molecule has 2 aromatic rings. The van der Waals surface area contributed by atoms with E-state index in [1.54, 1.807) is 24.3 Å². The SMILES string of the molecule is NC(=O)c1cccc(CO[N+](=O)[O-])c1.O=C(O)c1ccc(S)cc1. The lowest BCUT2D eigenvalue weighted by molar-refractivity contribution is -0.763. The second kappa shape index (κ2) is 9.16. The van der Waals surface area contributed by atoms with E-state index >= 15 is 0 Å². The van der Waals surface area contributed by atoms with Crippen LogP contribution in [0.15, 0.2) is 53.4 Å². The Morgan fingerprint density at radius 2 is 1.79 bits per heavy atom. The van der Waals surface area contributed by atoms with Gasteiger partial charge >= 0.3 is 5.97 Å². The van der Waals surface area contributed by atoms with Gasteiger partial charge in [0.1, 0.15) is 6.61 Å². The molecular weight excluding hydrogens is 336 g/mol. The van der Waals surface area contributed by atoms with Crippen LogP contribution in [0.4, 0.5) is 0 Å². The fourth-order valence-corrected chi connectivity index (χ4v) is 1.69. The van der Waals surface area contributed by atoms with Gasteiger partial charge in [0.2, 0.25) is 5.91 Å². The van der Waals surface area contributed by atoms with Crippen LogP contribution in [-0.4, -0.2) is 22.1 Å². The summed E-state index contributed by atoms with van der Waals surface area (Å²) in [6.07, 6.45) is 0. The number of nitrogens with zero attached hydrogens (tertiary/aromatic N) is 1. The summed E-state index contributed by atoms with van der Waals surface area (Å²) in [4.78, 5) is 35.8. The van der Waals surface area contributed by atoms with Gasteiger partial charge in [-0.3, -0.25) is 4.79 Å². The first kappa shape index (κ1) is 19.0. The molecule has 0 aliphatic rings. The van der Waals surface area contributed by atoms with E-state index in [9.17, 15) is 19.7 Å². The number of aromatic carboxylic acids is 1. The average Bonchev–Trinajstić information content (AvgIpc) is 2.54. The predicted molar refractivity (Wildman–Crippen MR) is 87.4 cm³/mol. The Balaban J connectivity index is 0.000000254. The van der Waals surface area contributed by atoms with E-state index in [1.165, 1.54) is 24.3 Å². The largest absolute Gasteiger partial charge is 0.478 e. The summed E-state index contributed by atoms with van der Waals surface area (Å²) in [6, 6.07) is 12.5. The number of benzene rings is 2. The molecule has 0 aliphatic carbocycles. The van der Waals surface area contributed by atoms with Crippen LogP contribution in [0.1, 0.15) is 26.3 Å². The first-order valence-corrected chi connectivity index (χ1v) is 6.92. The average molecular weight is 350 g/mol. The molecule has 0 aliphatic heterocycles. The van der Waals surface area contributed by atoms with Crippen molar-refractivity contribution in [3.8, 4) is 0 Å². The lowest BCUT2D eigenvalue weighted by atomic mass is 10.1. The summed E-state index contributed by atoms with van der Waals surface area (Å²) >= 11 is 4.01. The maximum Gasteiger partial charge on any atom is 0.335 e. The molecule has 3 N–H and O–H groups in total. The molecule has 9 heteroatoms. The van der Waals surface area contributed by atoms with Gasteiger partial charge in [0, 0.05) is 10.5 Å². The van der Waals surface area contributed by atoms with Crippen LogP contribution in [-0.2, 0) is 11.4 Å². The lowest BCUT2D eigenvalue weighted by Gasteiger charge is -2.00. The zero-order valence-electron chi connectivity index (χ0n) is 12.3. The highest BCUT2D eigenvalue weighted by molar-refractivity contribution is 7.80. The molecule has 24 heavy (non-hydrogen) atoms. The van der Waals surface area contributed by atoms with Crippen LogP contribution in [0.2, 0.25) is 0 Å². The molecule has 0 bridgehead atoms. The zero-order valence-corrected chi connectivity index (χ0v) is 13.2. The molecule has 0 radical (unpaired) electrons. The van der Waals surface area contributed by atoms with Crippen molar-refractivity contribution in [3.63, 3.8) is 0 Å². The molecule has 0 unspecified atom stereocenters. The van der Waals surface area contributed by atoms with Crippen molar-refractivity contribution in [2.45, 2.75) is 11.5 Å². The first-order chi connectivity index (χ1) is 11.3. The van der Waals surface area contributed by atoms with Gasteiger partial charge in [0.25, 0.3) is 5.09 Å². The summed E-state index contributed by atoms with van der Waals surface area (Å²) in [5.41, 5.74) is 6.14. The van der Waals surface area contributed by atoms with Crippen LogP contribution < -0.4 is 5.73 Å². The Morgan fingerprint density at radius 1 is 1.17 bits per heavy atom. The van der Waals surface area contributed by atoms with Gasteiger partial charge in [-0.25, -0.2) is 4.79 Å². The van der Waals surface area contributed by atoms with Crippen LogP contribution in [0.25, 0.3) is 0 Å². The first-order valence-electron chi connectivity index (χ1n) is 6.48. The van der Waals surface area contributed by atoms with Crippen molar-refractivity contribution in [1.82, 2.24) is 0 Å². The van der Waals surface area contributed by atoms with E-state index in [2.05, 4.69) is 17.5 Å². The summed E-state index contributed by atoms with van der Waals surface area (Å²) in [7, 11) is 0. The van der Waals surface area contributed by atoms with Crippen molar-refractivity contribution in [3.05, 3.63) is 75.3 Å². The van der Waals surface area contributed by atoms with Crippen molar-refractivity contribution < 1.29 is 24.6 Å². The smallest absolute Gasteiger partial charge is 0.335 e. The summed E-state index contributed by atoms with van der Waals surface area (Å²) in [6.45, 7) is -0.186. The fourth-order valence-electron chi connectivity index (χ4n) is 1.55. The minimum atomic E-state index is -0.909. The van der Waals surface area contributed by atoms with Crippen LogP contribution in [0, 0.1) is 10.1 Å². The van der Waals surface area contributed by atoms with Gasteiger partial charge in [-0.2, -0.15) is 0 Å². The minimum Gasteiger partial charge on any atom is -0.478 e. The summed E-state index contributed by atoms with van der Waals surface area (Å²) < 4.78 is 0. The molecular formula is C15H14N2O6S. The van der Waals surface area contributed by atoms with E-state index in [-0.39, 0.29) is 12.2 Å². The molecule has 1 amide bonds. The molecule has 126 valence electrons. The van der Waals surface area contributed by atoms with Crippen molar-refractivity contribution >= 4 is 24.5 Å². The van der Waals surface area contributed by atoms with Crippen LogP contribution in [0.3, 0.4) is 0 Å². The Bertz CT molecular complexity index is 733. The number of carboxylic acids is 1. The maximum absolute atomic E-state index is 10.7. The van der Waals surface area contributed by atoms with Crippen molar-refractivity contribution in [2.75, 3.05) is 0 Å². The number of carboxylic acid groups (broad SMARTS) is 1. The van der Waals surface area contributed by atoms with Crippen LogP contribution in [0.5, 0.6) is 0 Å². The molecule has 0 saturated heterocycles. The number of thiol groups is 1. The molecule has 2 aromatic carbocycles. The van der Waals surface area contributed by atoms with Gasteiger partial charge in [0.15, 0.2) is 0 Å². The highest BCUT2D eigenvalue weighted by Crippen LogP contribution is 2.07. The van der Waals surface area contributed by atoms with E-state index in [0.717, 1.165) is 4.90 Å². The molecule has 0 spiro atoms. The Morgan fingerprint density at radius 3 is 2.29 bits per heavy atom. The monoisotopic (exact) mass is 350 g/mol. The number of rotatable bonds is 5. The fraction of sp³-hybridized carbons (Fsp3) is 0.0667. The molecule has 0 saturated carbocycles. The lowest BCUT2D eigenvalue weighted by Crippen LogP contribution is -2.11. The number of carbonyl (C=O) groups is 2. The highest BCUT2D eigenvalue weighted by atomic mass is 32.1. The molecule has 0 atom stereocenters. The van der Waals surface area contributed by atoms with E-state index in [4.69, 9.17) is 10.8 Å². The van der Waals surface area contributed by atoms with Crippen molar-refractivity contribution in [2.24, 2.45) is 5.73 Å². The maximum atomic E-state index is 10.7. The molecule has 8 nitrogen and oxygen atoms in total. The third-order valence-electron chi connectivity index (χ3n) is 2.66. The Kier molecular flexibility index (Phi) is 7.24. The number of nitrogens with two attached hydrogens (primary N) is 1. The minimum absolute atomic E-state index is 0.186.